The number of fused-ring (bicyclic) bond motifs is 1. The molecule has 30 heavy (non-hydrogen) atoms. The Kier molecular flexibility index (Phi) is 7.32. The van der Waals surface area contributed by atoms with Crippen molar-refractivity contribution in [1.29, 1.82) is 0 Å². The van der Waals surface area contributed by atoms with Crippen molar-refractivity contribution in [2.45, 2.75) is 39.5 Å². The predicted molar refractivity (Wildman–Crippen MR) is 122 cm³/mol. The van der Waals surface area contributed by atoms with Crippen LogP contribution >= 0.6 is 11.8 Å². The van der Waals surface area contributed by atoms with Crippen molar-refractivity contribution in [2.24, 2.45) is 0 Å². The molecule has 0 fully saturated rings. The lowest BCUT2D eigenvalue weighted by atomic mass is 9.98. The Morgan fingerprint density at radius 1 is 1.00 bits per heavy atom. The number of nitrogens with zero attached hydrogens (tertiary/aromatic N) is 1. The maximum absolute atomic E-state index is 12.4. The molecule has 0 aliphatic carbocycles. The highest BCUT2D eigenvalue weighted by atomic mass is 32.2. The van der Waals surface area contributed by atoms with Crippen molar-refractivity contribution >= 4 is 35.2 Å². The number of anilines is 1. The number of carbonyl (C=O) groups is 3. The Hall–Kier alpha value is -2.60. The summed E-state index contributed by atoms with van der Waals surface area (Å²) in [6.45, 7) is 6.66. The van der Waals surface area contributed by atoms with Crippen molar-refractivity contribution in [2.75, 3.05) is 23.4 Å². The number of rotatable bonds is 9. The van der Waals surface area contributed by atoms with Gasteiger partial charge in [0.25, 0.3) is 11.8 Å². The number of para-hydroxylation sites is 1. The highest BCUT2D eigenvalue weighted by Crippen LogP contribution is 2.27. The fraction of sp³-hybridized carbons (Fsp3) is 0.375. The van der Waals surface area contributed by atoms with Crippen molar-refractivity contribution in [3.63, 3.8) is 0 Å². The first-order valence-electron chi connectivity index (χ1n) is 10.3. The van der Waals surface area contributed by atoms with E-state index in [2.05, 4.69) is 25.2 Å². The number of benzene rings is 2. The molecule has 3 amide bonds. The zero-order valence-electron chi connectivity index (χ0n) is 17.7. The van der Waals surface area contributed by atoms with E-state index in [1.165, 1.54) is 4.90 Å². The highest BCUT2D eigenvalue weighted by molar-refractivity contribution is 7.99. The summed E-state index contributed by atoms with van der Waals surface area (Å²) < 4.78 is 0. The average Bonchev–Trinajstić information content (AvgIpc) is 2.96. The van der Waals surface area contributed by atoms with Gasteiger partial charge in [-0.05, 0) is 54.7 Å². The van der Waals surface area contributed by atoms with E-state index in [4.69, 9.17) is 0 Å². The molecule has 158 valence electrons. The number of aryl methyl sites for hydroxylation is 1. The predicted octanol–water partition coefficient (Wildman–Crippen LogP) is 4.87. The van der Waals surface area contributed by atoms with E-state index >= 15 is 0 Å². The van der Waals surface area contributed by atoms with E-state index in [0.29, 0.717) is 29.3 Å². The van der Waals surface area contributed by atoms with Gasteiger partial charge in [-0.1, -0.05) is 44.2 Å². The first kappa shape index (κ1) is 22.1. The van der Waals surface area contributed by atoms with Crippen LogP contribution in [0.4, 0.5) is 5.69 Å². The summed E-state index contributed by atoms with van der Waals surface area (Å²) in [6.07, 6.45) is 1.57. The number of hydrogen-bond acceptors (Lipinski definition) is 4. The number of unbranched alkanes of at least 4 members (excludes halogenated alkanes) is 1. The maximum Gasteiger partial charge on any atom is 0.261 e. The molecule has 0 saturated heterocycles. The van der Waals surface area contributed by atoms with Crippen LogP contribution in [-0.2, 0) is 4.79 Å². The van der Waals surface area contributed by atoms with Crippen LogP contribution in [0.3, 0.4) is 0 Å². The Bertz CT molecular complexity index is 920. The van der Waals surface area contributed by atoms with Gasteiger partial charge in [-0.15, -0.1) is 0 Å². The highest BCUT2D eigenvalue weighted by Gasteiger charge is 2.34. The molecular weight excluding hydrogens is 396 g/mol. The molecule has 1 heterocycles. The first-order chi connectivity index (χ1) is 14.4. The lowest BCUT2D eigenvalue weighted by Gasteiger charge is -2.16. The van der Waals surface area contributed by atoms with Gasteiger partial charge in [0, 0.05) is 12.2 Å². The van der Waals surface area contributed by atoms with E-state index in [-0.39, 0.29) is 17.7 Å². The molecule has 1 aliphatic heterocycles. The molecule has 0 radical (unpaired) electrons. The molecule has 0 spiro atoms. The molecule has 0 bridgehead atoms. The molecule has 5 nitrogen and oxygen atoms in total. The second kappa shape index (κ2) is 9.94. The normalized spacial score (nSPS) is 13.1. The van der Waals surface area contributed by atoms with Gasteiger partial charge in [-0.3, -0.25) is 19.3 Å². The van der Waals surface area contributed by atoms with Crippen molar-refractivity contribution in [3.8, 4) is 0 Å². The second-order valence-corrected chi connectivity index (χ2v) is 8.91. The van der Waals surface area contributed by atoms with Crippen LogP contribution < -0.4 is 5.32 Å². The molecule has 2 aromatic rings. The Morgan fingerprint density at radius 2 is 1.67 bits per heavy atom. The molecule has 6 heteroatoms. The van der Waals surface area contributed by atoms with Gasteiger partial charge in [0.15, 0.2) is 0 Å². The summed E-state index contributed by atoms with van der Waals surface area (Å²) in [6, 6.07) is 13.0. The standard InChI is InChI=1S/C24H28N2O3S/c1-16(2)18-12-8-9-17(3)22(18)25-21(27)15-30-14-7-6-13-26-23(28)19-10-4-5-11-20(19)24(26)29/h4-5,8-12,16H,6-7,13-15H2,1-3H3,(H,25,27). The minimum Gasteiger partial charge on any atom is -0.325 e. The van der Waals surface area contributed by atoms with Gasteiger partial charge in [0.05, 0.1) is 16.9 Å². The number of carbonyl (C=O) groups excluding carboxylic acids is 3. The zero-order chi connectivity index (χ0) is 21.7. The summed E-state index contributed by atoms with van der Waals surface area (Å²) >= 11 is 1.57. The quantitative estimate of drug-likeness (QED) is 0.461. The van der Waals surface area contributed by atoms with Crippen molar-refractivity contribution < 1.29 is 14.4 Å². The van der Waals surface area contributed by atoms with Gasteiger partial charge in [-0.25, -0.2) is 0 Å². The smallest absolute Gasteiger partial charge is 0.261 e. The fourth-order valence-corrected chi connectivity index (χ4v) is 4.41. The summed E-state index contributed by atoms with van der Waals surface area (Å²) in [5.41, 5.74) is 4.12. The summed E-state index contributed by atoms with van der Waals surface area (Å²) in [7, 11) is 0. The third-order valence-corrected chi connectivity index (χ3v) is 6.27. The minimum absolute atomic E-state index is 0.00320. The second-order valence-electron chi connectivity index (χ2n) is 7.81. The number of hydrogen-bond donors (Lipinski definition) is 1. The topological polar surface area (TPSA) is 66.5 Å². The van der Waals surface area contributed by atoms with E-state index in [9.17, 15) is 14.4 Å². The van der Waals surface area contributed by atoms with Crippen LogP contribution in [-0.4, -0.2) is 40.7 Å². The van der Waals surface area contributed by atoms with Gasteiger partial charge in [0.1, 0.15) is 0 Å². The number of thioether (sulfide) groups is 1. The Balaban J connectivity index is 1.39. The van der Waals surface area contributed by atoms with Crippen LogP contribution in [0, 0.1) is 6.92 Å². The molecule has 0 aromatic heterocycles. The zero-order valence-corrected chi connectivity index (χ0v) is 18.6. The van der Waals surface area contributed by atoms with Crippen molar-refractivity contribution in [1.82, 2.24) is 4.90 Å². The molecule has 3 rings (SSSR count). The number of nitrogens with one attached hydrogen (secondary N) is 1. The number of imide groups is 1. The Morgan fingerprint density at radius 3 is 2.30 bits per heavy atom. The molecule has 1 N–H and O–H groups in total. The maximum atomic E-state index is 12.4. The minimum atomic E-state index is -0.207. The SMILES string of the molecule is Cc1cccc(C(C)C)c1NC(=O)CSCCCCN1C(=O)c2ccccc2C1=O. The lowest BCUT2D eigenvalue weighted by Crippen LogP contribution is -2.30. The summed E-state index contributed by atoms with van der Waals surface area (Å²) in [5.74, 6) is 1.12. The van der Waals surface area contributed by atoms with Crippen molar-refractivity contribution in [3.05, 3.63) is 64.7 Å². The fourth-order valence-electron chi connectivity index (χ4n) is 3.60. The molecule has 0 atom stereocenters. The van der Waals surface area contributed by atoms with Gasteiger partial charge in [-0.2, -0.15) is 11.8 Å². The van der Waals surface area contributed by atoms with Crippen LogP contribution in [0.2, 0.25) is 0 Å². The third-order valence-electron chi connectivity index (χ3n) is 5.22. The van der Waals surface area contributed by atoms with Gasteiger partial charge in [0.2, 0.25) is 5.91 Å². The monoisotopic (exact) mass is 424 g/mol. The number of amides is 3. The largest absolute Gasteiger partial charge is 0.325 e. The van der Waals surface area contributed by atoms with Gasteiger partial charge < -0.3 is 5.32 Å². The summed E-state index contributed by atoms with van der Waals surface area (Å²) in [4.78, 5) is 38.4. The van der Waals surface area contributed by atoms with E-state index in [1.54, 1.807) is 36.0 Å². The third kappa shape index (κ3) is 4.93. The lowest BCUT2D eigenvalue weighted by molar-refractivity contribution is -0.113. The van der Waals surface area contributed by atoms with Crippen LogP contribution in [0.25, 0.3) is 0 Å². The molecule has 0 saturated carbocycles. The summed E-state index contributed by atoms with van der Waals surface area (Å²) in [5, 5.41) is 3.06. The Labute approximate surface area is 182 Å². The molecule has 0 unspecified atom stereocenters. The van der Waals surface area contributed by atoms with E-state index in [1.807, 2.05) is 19.1 Å². The van der Waals surface area contributed by atoms with Crippen LogP contribution in [0.15, 0.2) is 42.5 Å². The van der Waals surface area contributed by atoms with E-state index < -0.39 is 0 Å². The van der Waals surface area contributed by atoms with Gasteiger partial charge >= 0.3 is 0 Å². The molecule has 1 aliphatic rings. The van der Waals surface area contributed by atoms with Crippen LogP contribution in [0.1, 0.15) is 64.4 Å². The average molecular weight is 425 g/mol. The molecular formula is C24H28N2O3S. The van der Waals surface area contributed by atoms with E-state index in [0.717, 1.165) is 35.4 Å². The molecule has 2 aromatic carbocycles. The first-order valence-corrected chi connectivity index (χ1v) is 11.5. The van der Waals surface area contributed by atoms with Crippen LogP contribution in [0.5, 0.6) is 0 Å².